The number of urea groups is 1. The third-order valence-corrected chi connectivity index (χ3v) is 1.77. The van der Waals surface area contributed by atoms with Gasteiger partial charge < -0.3 is 10.2 Å². The van der Waals surface area contributed by atoms with E-state index in [1.54, 1.807) is 32.3 Å². The highest BCUT2D eigenvalue weighted by Gasteiger charge is 2.05. The molecule has 0 aliphatic heterocycles. The van der Waals surface area contributed by atoms with Crippen LogP contribution in [0.25, 0.3) is 0 Å². The fourth-order valence-electron chi connectivity index (χ4n) is 0.740. The number of hydrogen-bond donors (Lipinski definition) is 1. The molecule has 0 fully saturated rings. The molecule has 1 rings (SSSR count). The lowest BCUT2D eigenvalue weighted by Crippen LogP contribution is -2.27. The van der Waals surface area contributed by atoms with Crippen molar-refractivity contribution < 1.29 is 4.79 Å². The highest BCUT2D eigenvalue weighted by Crippen LogP contribution is 2.19. The first kappa shape index (κ1) is 9.86. The standard InChI is InChI=1S/C9H10ClN2O/c1-12(2)9(13)11-8-6-4-3-5-7(8)10/h3-4,6H,1-2H3,(H,11,13). The second-order valence-corrected chi connectivity index (χ2v) is 3.10. The molecule has 2 amide bonds. The fourth-order valence-corrected chi connectivity index (χ4v) is 0.913. The number of anilines is 1. The van der Waals surface area contributed by atoms with E-state index < -0.39 is 0 Å². The molecule has 1 aromatic carbocycles. The molecule has 0 aliphatic rings. The molecule has 69 valence electrons. The van der Waals surface area contributed by atoms with E-state index in [2.05, 4.69) is 11.4 Å². The van der Waals surface area contributed by atoms with Gasteiger partial charge in [-0.3, -0.25) is 0 Å². The first-order valence-electron chi connectivity index (χ1n) is 3.76. The number of nitrogens with zero attached hydrogens (tertiary/aromatic N) is 1. The number of carbonyl (C=O) groups excluding carboxylic acids is 1. The highest BCUT2D eigenvalue weighted by atomic mass is 35.5. The summed E-state index contributed by atoms with van der Waals surface area (Å²) in [4.78, 5) is 12.6. The van der Waals surface area contributed by atoms with E-state index in [0.29, 0.717) is 10.7 Å². The van der Waals surface area contributed by atoms with Gasteiger partial charge in [-0.25, -0.2) is 4.79 Å². The molecule has 1 N–H and O–H groups in total. The molecular weight excluding hydrogens is 188 g/mol. The van der Waals surface area contributed by atoms with Gasteiger partial charge in [-0.05, 0) is 6.07 Å². The van der Waals surface area contributed by atoms with Crippen LogP contribution >= 0.6 is 11.6 Å². The average molecular weight is 198 g/mol. The first-order valence-corrected chi connectivity index (χ1v) is 4.13. The van der Waals surface area contributed by atoms with Gasteiger partial charge in [0.2, 0.25) is 0 Å². The lowest BCUT2D eigenvalue weighted by atomic mass is 10.3. The van der Waals surface area contributed by atoms with Crippen molar-refractivity contribution in [3.63, 3.8) is 0 Å². The minimum Gasteiger partial charge on any atom is -0.331 e. The van der Waals surface area contributed by atoms with Crippen LogP contribution in [0, 0.1) is 6.07 Å². The largest absolute Gasteiger partial charge is 0.331 e. The van der Waals surface area contributed by atoms with Crippen LogP contribution in [-0.4, -0.2) is 25.0 Å². The SMILES string of the molecule is CN(C)C(=O)Nc1ccc[c]c1Cl. The Labute approximate surface area is 82.3 Å². The van der Waals surface area contributed by atoms with Crippen molar-refractivity contribution in [2.45, 2.75) is 0 Å². The van der Waals surface area contributed by atoms with Gasteiger partial charge in [0, 0.05) is 20.2 Å². The van der Waals surface area contributed by atoms with Gasteiger partial charge in [0.15, 0.2) is 0 Å². The second-order valence-electron chi connectivity index (χ2n) is 2.72. The average Bonchev–Trinajstić information content (AvgIpc) is 2.08. The summed E-state index contributed by atoms with van der Waals surface area (Å²) in [5.41, 5.74) is 0.572. The van der Waals surface area contributed by atoms with Gasteiger partial charge in [0.1, 0.15) is 0 Å². The van der Waals surface area contributed by atoms with Crippen molar-refractivity contribution in [2.24, 2.45) is 0 Å². The number of halogens is 1. The molecule has 0 heterocycles. The van der Waals surface area contributed by atoms with Crippen LogP contribution in [0.3, 0.4) is 0 Å². The molecule has 4 heteroatoms. The molecule has 0 unspecified atom stereocenters. The molecule has 0 aromatic heterocycles. The Kier molecular flexibility index (Phi) is 3.14. The van der Waals surface area contributed by atoms with E-state index in [1.165, 1.54) is 4.90 Å². The summed E-state index contributed by atoms with van der Waals surface area (Å²) in [6.45, 7) is 0. The van der Waals surface area contributed by atoms with E-state index in [-0.39, 0.29) is 6.03 Å². The van der Waals surface area contributed by atoms with Crippen molar-refractivity contribution in [3.8, 4) is 0 Å². The minimum atomic E-state index is -0.207. The molecule has 0 saturated heterocycles. The Morgan fingerprint density at radius 3 is 2.85 bits per heavy atom. The zero-order valence-corrected chi connectivity index (χ0v) is 8.22. The van der Waals surface area contributed by atoms with Gasteiger partial charge in [-0.1, -0.05) is 23.7 Å². The van der Waals surface area contributed by atoms with Crippen LogP contribution in [0.4, 0.5) is 10.5 Å². The number of benzene rings is 1. The zero-order chi connectivity index (χ0) is 9.84. The fraction of sp³-hybridized carbons (Fsp3) is 0.222. The van der Waals surface area contributed by atoms with E-state index in [9.17, 15) is 4.79 Å². The van der Waals surface area contributed by atoms with Crippen molar-refractivity contribution in [1.82, 2.24) is 4.90 Å². The number of rotatable bonds is 1. The summed E-state index contributed by atoms with van der Waals surface area (Å²) >= 11 is 5.78. The molecule has 3 nitrogen and oxygen atoms in total. The maximum absolute atomic E-state index is 11.2. The van der Waals surface area contributed by atoms with Crippen LogP contribution in [0.2, 0.25) is 5.02 Å². The predicted octanol–water partition coefficient (Wildman–Crippen LogP) is 2.23. The normalized spacial score (nSPS) is 9.46. The van der Waals surface area contributed by atoms with Crippen molar-refractivity contribution in [2.75, 3.05) is 19.4 Å². The number of hydrogen-bond acceptors (Lipinski definition) is 1. The van der Waals surface area contributed by atoms with Crippen LogP contribution < -0.4 is 5.32 Å². The molecule has 13 heavy (non-hydrogen) atoms. The zero-order valence-electron chi connectivity index (χ0n) is 7.47. The molecule has 1 radical (unpaired) electrons. The number of amides is 2. The Morgan fingerprint density at radius 2 is 2.31 bits per heavy atom. The van der Waals surface area contributed by atoms with Gasteiger partial charge in [0.05, 0.1) is 10.7 Å². The van der Waals surface area contributed by atoms with Crippen LogP contribution in [0.15, 0.2) is 18.2 Å². The molecule has 0 spiro atoms. The molecule has 0 bridgehead atoms. The quantitative estimate of drug-likeness (QED) is 0.736. The van der Waals surface area contributed by atoms with Gasteiger partial charge in [-0.15, -0.1) is 0 Å². The Morgan fingerprint density at radius 1 is 1.62 bits per heavy atom. The number of carbonyl (C=O) groups is 1. The van der Waals surface area contributed by atoms with Crippen LogP contribution in [0.5, 0.6) is 0 Å². The summed E-state index contributed by atoms with van der Waals surface area (Å²) < 4.78 is 0. The summed E-state index contributed by atoms with van der Waals surface area (Å²) in [6, 6.07) is 7.74. The summed E-state index contributed by atoms with van der Waals surface area (Å²) in [6.07, 6.45) is 0. The van der Waals surface area contributed by atoms with E-state index in [4.69, 9.17) is 11.6 Å². The van der Waals surface area contributed by atoms with Crippen molar-refractivity contribution in [1.29, 1.82) is 0 Å². The second kappa shape index (κ2) is 4.14. The summed E-state index contributed by atoms with van der Waals surface area (Å²) in [7, 11) is 3.33. The molecule has 0 atom stereocenters. The highest BCUT2D eigenvalue weighted by molar-refractivity contribution is 6.33. The molecular formula is C9H10ClN2O. The molecule has 1 aromatic rings. The molecule has 0 aliphatic carbocycles. The van der Waals surface area contributed by atoms with Crippen LogP contribution in [-0.2, 0) is 0 Å². The topological polar surface area (TPSA) is 32.3 Å². The minimum absolute atomic E-state index is 0.207. The summed E-state index contributed by atoms with van der Waals surface area (Å²) in [5.74, 6) is 0. The lowest BCUT2D eigenvalue weighted by molar-refractivity contribution is 0.230. The molecule has 0 saturated carbocycles. The third-order valence-electron chi connectivity index (χ3n) is 1.45. The Balaban J connectivity index is 2.75. The van der Waals surface area contributed by atoms with Gasteiger partial charge in [-0.2, -0.15) is 0 Å². The third kappa shape index (κ3) is 2.63. The van der Waals surface area contributed by atoms with Crippen molar-refractivity contribution >= 4 is 23.3 Å². The summed E-state index contributed by atoms with van der Waals surface area (Å²) in [5, 5.41) is 3.05. The van der Waals surface area contributed by atoms with E-state index in [0.717, 1.165) is 0 Å². The van der Waals surface area contributed by atoms with Gasteiger partial charge in [0.25, 0.3) is 0 Å². The Hall–Kier alpha value is -1.22. The van der Waals surface area contributed by atoms with E-state index >= 15 is 0 Å². The lowest BCUT2D eigenvalue weighted by Gasteiger charge is -2.12. The van der Waals surface area contributed by atoms with Crippen molar-refractivity contribution in [3.05, 3.63) is 29.3 Å². The van der Waals surface area contributed by atoms with Gasteiger partial charge >= 0.3 is 6.03 Å². The Bertz CT molecular complexity index is 312. The smallest absolute Gasteiger partial charge is 0.321 e. The van der Waals surface area contributed by atoms with E-state index in [1.807, 2.05) is 0 Å². The maximum atomic E-state index is 11.2. The first-order chi connectivity index (χ1) is 6.11. The van der Waals surface area contributed by atoms with Crippen LogP contribution in [0.1, 0.15) is 0 Å². The maximum Gasteiger partial charge on any atom is 0.321 e. The monoisotopic (exact) mass is 197 g/mol. The predicted molar refractivity (Wildman–Crippen MR) is 53.0 cm³/mol. The number of nitrogens with one attached hydrogen (secondary N) is 1.